The summed E-state index contributed by atoms with van der Waals surface area (Å²) in [6.07, 6.45) is 7.71. The Morgan fingerprint density at radius 2 is 1.54 bits per heavy atom. The van der Waals surface area contributed by atoms with Crippen LogP contribution in [0.5, 0.6) is 0 Å². The molecule has 0 aliphatic rings. The summed E-state index contributed by atoms with van der Waals surface area (Å²) in [5.74, 6) is 0.104. The van der Waals surface area contributed by atoms with Crippen LogP contribution in [0.25, 0.3) is 0 Å². The first kappa shape index (κ1) is 25.7. The third kappa shape index (κ3) is 7.51. The van der Waals surface area contributed by atoms with Crippen molar-refractivity contribution in [3.8, 4) is 0 Å². The average molecular weight is 557 g/mol. The van der Waals surface area contributed by atoms with Crippen molar-refractivity contribution in [2.45, 2.75) is 86.5 Å². The summed E-state index contributed by atoms with van der Waals surface area (Å²) in [5, 5.41) is 0. The minimum absolute atomic E-state index is 0.104. The van der Waals surface area contributed by atoms with E-state index in [9.17, 15) is 4.79 Å². The van der Waals surface area contributed by atoms with Crippen LogP contribution in [-0.2, 0) is 4.79 Å². The van der Waals surface area contributed by atoms with E-state index in [4.69, 9.17) is 0 Å². The van der Waals surface area contributed by atoms with Crippen LogP contribution in [0.1, 0.15) is 71.8 Å². The number of nitrogens with zero attached hydrogens (tertiary/aromatic N) is 1. The molecule has 0 spiro atoms. The quantitative estimate of drug-likeness (QED) is 0.225. The Bertz CT molecular complexity index is 622. The molecule has 0 radical (unpaired) electrons. The number of amides is 1. The van der Waals surface area contributed by atoms with Gasteiger partial charge in [-0.25, -0.2) is 0 Å². The van der Waals surface area contributed by atoms with Crippen LogP contribution in [0.15, 0.2) is 32.8 Å². The molecule has 0 fully saturated rings. The Labute approximate surface area is 186 Å². The molecule has 28 heavy (non-hydrogen) atoms. The fourth-order valence-corrected chi connectivity index (χ4v) is 20.1. The van der Waals surface area contributed by atoms with Gasteiger partial charge in [-0.1, -0.05) is 0 Å². The summed E-state index contributed by atoms with van der Waals surface area (Å²) in [7, 11) is 0. The molecule has 4 heteroatoms. The average Bonchev–Trinajstić information content (AvgIpc) is 2.66. The first-order valence-electron chi connectivity index (χ1n) is 11.0. The zero-order valence-electron chi connectivity index (χ0n) is 18.7. The van der Waals surface area contributed by atoms with E-state index in [1.165, 1.54) is 61.0 Å². The van der Waals surface area contributed by atoms with Gasteiger partial charge in [-0.2, -0.15) is 0 Å². The van der Waals surface area contributed by atoms with E-state index in [0.29, 0.717) is 6.54 Å². The van der Waals surface area contributed by atoms with Crippen molar-refractivity contribution in [2.24, 2.45) is 0 Å². The van der Waals surface area contributed by atoms with Crippen molar-refractivity contribution in [1.29, 1.82) is 0 Å². The van der Waals surface area contributed by atoms with Gasteiger partial charge in [0.1, 0.15) is 0 Å². The van der Waals surface area contributed by atoms with Gasteiger partial charge in [-0.3, -0.25) is 0 Å². The van der Waals surface area contributed by atoms with E-state index in [0.717, 1.165) is 10.2 Å². The Morgan fingerprint density at radius 3 is 1.93 bits per heavy atom. The van der Waals surface area contributed by atoms with Crippen molar-refractivity contribution in [2.75, 3.05) is 11.4 Å². The first-order valence-corrected chi connectivity index (χ1v) is 19.3. The van der Waals surface area contributed by atoms with Crippen LogP contribution in [0.4, 0.5) is 5.69 Å². The van der Waals surface area contributed by atoms with Gasteiger partial charge in [-0.05, 0) is 0 Å². The monoisotopic (exact) mass is 557 g/mol. The molecule has 0 atom stereocenters. The number of aryl methyl sites for hydroxylation is 1. The third-order valence-corrected chi connectivity index (χ3v) is 22.5. The number of halogens is 1. The molecule has 0 aromatic heterocycles. The molecule has 158 valence electrons. The zero-order chi connectivity index (χ0) is 21.2. The molecule has 0 aliphatic carbocycles. The first-order chi connectivity index (χ1) is 13.3. The Kier molecular flexibility index (Phi) is 12.0. The summed E-state index contributed by atoms with van der Waals surface area (Å²) < 4.78 is 6.61. The van der Waals surface area contributed by atoms with Crippen LogP contribution in [0.3, 0.4) is 0 Å². The topological polar surface area (TPSA) is 20.3 Å². The van der Waals surface area contributed by atoms with Crippen molar-refractivity contribution in [3.05, 3.63) is 38.4 Å². The van der Waals surface area contributed by atoms with E-state index < -0.39 is 18.4 Å². The minimum atomic E-state index is -2.55. The number of hydrogen-bond donors (Lipinski definition) is 0. The molecule has 1 rings (SSSR count). The number of benzene rings is 1. The molecule has 0 aliphatic heterocycles. The van der Waals surface area contributed by atoms with Crippen molar-refractivity contribution < 1.29 is 4.79 Å². The molecule has 2 nitrogen and oxygen atoms in total. The van der Waals surface area contributed by atoms with Crippen LogP contribution < -0.4 is 4.90 Å². The Morgan fingerprint density at radius 1 is 1.04 bits per heavy atom. The molecular formula is C24H40BrNOSn. The van der Waals surface area contributed by atoms with Gasteiger partial charge in [0.25, 0.3) is 0 Å². The van der Waals surface area contributed by atoms with E-state index in [2.05, 4.69) is 68.4 Å². The second kappa shape index (κ2) is 13.1. The van der Waals surface area contributed by atoms with Gasteiger partial charge in [-0.15, -0.1) is 0 Å². The molecule has 1 aromatic carbocycles. The van der Waals surface area contributed by atoms with Gasteiger partial charge in [0, 0.05) is 0 Å². The summed E-state index contributed by atoms with van der Waals surface area (Å²) in [6, 6.07) is 6.24. The number of anilines is 1. The Hall–Kier alpha value is -0.291. The number of carbonyl (C=O) groups is 1. The number of carbonyl (C=O) groups excluding carboxylic acids is 1. The fraction of sp³-hybridized carbons (Fsp3) is 0.625. The van der Waals surface area contributed by atoms with Gasteiger partial charge < -0.3 is 0 Å². The SMILES string of the molecule is C=[C](CN(C(C)=O)c1ccc(C)cc1Br)[Sn]([CH2]CCC)([CH2]CCC)[CH2]CCC. The predicted octanol–water partition coefficient (Wildman–Crippen LogP) is 8.05. The maximum atomic E-state index is 12.6. The molecule has 0 saturated heterocycles. The molecular weight excluding hydrogens is 517 g/mol. The molecule has 0 N–H and O–H groups in total. The number of rotatable bonds is 13. The standard InChI is InChI=1S/C12H13BrNO.3C4H9.Sn/c1-4-7-14(10(3)15)12-6-5-9(2)8-11(12)13;3*1-3-4-2;/h5-6,8H,1,7H2,2-3H3;3*1,3-4H2,2H3;. The van der Waals surface area contributed by atoms with Crippen LogP contribution >= 0.6 is 15.9 Å². The Balaban J connectivity index is 3.20. The summed E-state index contributed by atoms with van der Waals surface area (Å²) in [4.78, 5) is 14.5. The van der Waals surface area contributed by atoms with Crippen molar-refractivity contribution >= 4 is 45.9 Å². The normalized spacial score (nSPS) is 11.5. The van der Waals surface area contributed by atoms with Crippen LogP contribution in [0.2, 0.25) is 13.3 Å². The van der Waals surface area contributed by atoms with Crippen LogP contribution in [0, 0.1) is 6.92 Å². The van der Waals surface area contributed by atoms with E-state index in [-0.39, 0.29) is 5.91 Å². The number of unbranched alkanes of at least 4 members (excludes halogenated alkanes) is 3. The maximum absolute atomic E-state index is 12.6. The van der Waals surface area contributed by atoms with Crippen LogP contribution in [-0.4, -0.2) is 30.8 Å². The summed E-state index contributed by atoms with van der Waals surface area (Å²) >= 11 is 1.13. The van der Waals surface area contributed by atoms with Gasteiger partial charge >= 0.3 is 187 Å². The molecule has 0 unspecified atom stereocenters. The van der Waals surface area contributed by atoms with E-state index in [1.54, 1.807) is 6.92 Å². The van der Waals surface area contributed by atoms with Gasteiger partial charge in [0.15, 0.2) is 0 Å². The fourth-order valence-electron chi connectivity index (χ4n) is 4.01. The zero-order valence-corrected chi connectivity index (χ0v) is 23.2. The molecule has 0 heterocycles. The number of hydrogen-bond acceptors (Lipinski definition) is 1. The molecule has 1 aromatic rings. The molecule has 1 amide bonds. The van der Waals surface area contributed by atoms with Gasteiger partial charge in [0.2, 0.25) is 0 Å². The van der Waals surface area contributed by atoms with E-state index in [1.807, 2.05) is 4.90 Å². The second-order valence-corrected chi connectivity index (χ2v) is 22.7. The van der Waals surface area contributed by atoms with Crippen molar-refractivity contribution in [3.63, 3.8) is 0 Å². The molecule has 0 saturated carbocycles. The predicted molar refractivity (Wildman–Crippen MR) is 131 cm³/mol. The molecule has 0 bridgehead atoms. The van der Waals surface area contributed by atoms with Gasteiger partial charge in [0.05, 0.1) is 0 Å². The second-order valence-electron chi connectivity index (χ2n) is 8.25. The third-order valence-electron chi connectivity index (χ3n) is 5.90. The van der Waals surface area contributed by atoms with Crippen molar-refractivity contribution in [1.82, 2.24) is 0 Å². The van der Waals surface area contributed by atoms with E-state index >= 15 is 0 Å². The summed E-state index contributed by atoms with van der Waals surface area (Å²) in [6.45, 7) is 16.0. The summed E-state index contributed by atoms with van der Waals surface area (Å²) in [5.41, 5.74) is 2.17.